The number of ether oxygens (including phenoxy) is 1. The van der Waals surface area contributed by atoms with Crippen molar-refractivity contribution in [3.05, 3.63) is 64.1 Å². The molecule has 2 aliphatic rings. The zero-order valence-electron chi connectivity index (χ0n) is 21.0. The molecule has 2 N–H and O–H groups in total. The fourth-order valence-corrected chi connectivity index (χ4v) is 5.18. The van der Waals surface area contributed by atoms with Crippen LogP contribution in [0.15, 0.2) is 42.1 Å². The highest BCUT2D eigenvalue weighted by Gasteiger charge is 2.35. The van der Waals surface area contributed by atoms with E-state index >= 15 is 4.39 Å². The van der Waals surface area contributed by atoms with E-state index in [0.29, 0.717) is 43.9 Å². The number of halogens is 2. The van der Waals surface area contributed by atoms with Crippen LogP contribution in [0.25, 0.3) is 0 Å². The Morgan fingerprint density at radius 2 is 2.00 bits per heavy atom. The highest BCUT2D eigenvalue weighted by molar-refractivity contribution is 6.36. The number of fused-ring (bicyclic) bond motifs is 1. The van der Waals surface area contributed by atoms with E-state index in [-0.39, 0.29) is 28.4 Å². The summed E-state index contributed by atoms with van der Waals surface area (Å²) in [5, 5.41) is 29.3. The lowest BCUT2D eigenvalue weighted by molar-refractivity contribution is -0.133. The summed E-state index contributed by atoms with van der Waals surface area (Å²) in [6.07, 6.45) is -0.184. The van der Waals surface area contributed by atoms with Gasteiger partial charge < -0.3 is 24.7 Å². The van der Waals surface area contributed by atoms with Gasteiger partial charge in [-0.2, -0.15) is 5.26 Å². The van der Waals surface area contributed by atoms with Gasteiger partial charge in [0.25, 0.3) is 0 Å². The molecular formula is C27H28ClFN4O5. The number of nitriles is 1. The van der Waals surface area contributed by atoms with Crippen LogP contribution in [-0.4, -0.2) is 48.0 Å². The molecule has 0 bridgehead atoms. The number of hydrogen-bond donors (Lipinski definition) is 2. The molecule has 2 aliphatic heterocycles. The number of hydrogen-bond acceptors (Lipinski definition) is 7. The van der Waals surface area contributed by atoms with Gasteiger partial charge in [-0.05, 0) is 36.6 Å². The molecule has 11 heteroatoms. The minimum Gasteiger partial charge on any atom is -0.478 e. The third-order valence-corrected chi connectivity index (χ3v) is 6.83. The number of carboxylic acids is 1. The molecule has 0 saturated carbocycles. The number of amides is 1. The van der Waals surface area contributed by atoms with Crippen LogP contribution in [0.5, 0.6) is 0 Å². The van der Waals surface area contributed by atoms with E-state index in [9.17, 15) is 19.8 Å². The Morgan fingerprint density at radius 3 is 2.58 bits per heavy atom. The first-order valence-electron chi connectivity index (χ1n) is 12.3. The maximum atomic E-state index is 15.6. The number of aliphatic hydroxyl groups excluding tert-OH is 1. The van der Waals surface area contributed by atoms with Crippen molar-refractivity contribution in [2.75, 3.05) is 34.3 Å². The van der Waals surface area contributed by atoms with Gasteiger partial charge >= 0.3 is 12.1 Å². The van der Waals surface area contributed by atoms with Crippen molar-refractivity contribution in [3.63, 3.8) is 0 Å². The largest absolute Gasteiger partial charge is 0.478 e. The van der Waals surface area contributed by atoms with Gasteiger partial charge in [0.05, 0.1) is 28.5 Å². The molecule has 2 unspecified atom stereocenters. The number of benzene rings is 2. The Morgan fingerprint density at radius 1 is 1.29 bits per heavy atom. The van der Waals surface area contributed by atoms with Crippen molar-refractivity contribution < 1.29 is 28.9 Å². The van der Waals surface area contributed by atoms with Crippen LogP contribution in [0.1, 0.15) is 43.9 Å². The van der Waals surface area contributed by atoms with Crippen molar-refractivity contribution in [3.8, 4) is 6.07 Å². The predicted molar refractivity (Wildman–Crippen MR) is 141 cm³/mol. The lowest BCUT2D eigenvalue weighted by Gasteiger charge is -2.35. The van der Waals surface area contributed by atoms with Crippen LogP contribution in [0.2, 0.25) is 5.02 Å². The first-order chi connectivity index (χ1) is 18.2. The number of carboxylic acid groups (broad SMARTS) is 1. The second kappa shape index (κ2) is 11.3. The maximum absolute atomic E-state index is 15.6. The number of cyclic esters (lactones) is 1. The fraction of sp³-hybridized carbons (Fsp3) is 0.370. The second-order valence-electron chi connectivity index (χ2n) is 9.14. The van der Waals surface area contributed by atoms with Gasteiger partial charge in [0.2, 0.25) is 6.10 Å². The minimum absolute atomic E-state index is 0.0978. The summed E-state index contributed by atoms with van der Waals surface area (Å²) in [5.41, 5.74) is 1.83. The molecular weight excluding hydrogens is 515 g/mol. The molecule has 2 aromatic carbocycles. The number of aliphatic hydroxyl groups is 1. The number of nitrogens with zero attached hydrogens (tertiary/aromatic N) is 4. The van der Waals surface area contributed by atoms with E-state index in [4.69, 9.17) is 21.6 Å². The molecule has 0 spiro atoms. The van der Waals surface area contributed by atoms with E-state index in [0.717, 1.165) is 11.6 Å². The molecule has 1 amide bonds. The van der Waals surface area contributed by atoms with E-state index in [1.807, 2.05) is 32.0 Å². The number of carbonyl (C=O) groups excluding carboxylic acids is 1. The summed E-state index contributed by atoms with van der Waals surface area (Å²) in [7, 11) is 0. The molecule has 9 nitrogen and oxygen atoms in total. The van der Waals surface area contributed by atoms with Crippen LogP contribution in [0, 0.1) is 17.1 Å². The Kier molecular flexibility index (Phi) is 8.09. The molecule has 200 valence electrons. The van der Waals surface area contributed by atoms with Crippen molar-refractivity contribution >= 4 is 40.7 Å². The third kappa shape index (κ3) is 5.12. The zero-order chi connectivity index (χ0) is 27.6. The summed E-state index contributed by atoms with van der Waals surface area (Å²) in [5.74, 6) is -1.95. The molecule has 38 heavy (non-hydrogen) atoms. The number of anilines is 3. The molecule has 2 heterocycles. The average Bonchev–Trinajstić information content (AvgIpc) is 3.26. The Labute approximate surface area is 224 Å². The van der Waals surface area contributed by atoms with Crippen LogP contribution in [-0.2, 0) is 16.1 Å². The molecule has 0 radical (unpaired) electrons. The van der Waals surface area contributed by atoms with Crippen LogP contribution >= 0.6 is 11.6 Å². The minimum atomic E-state index is -1.51. The van der Waals surface area contributed by atoms with Crippen LogP contribution < -0.4 is 14.7 Å². The number of aliphatic carboxylic acids is 1. The van der Waals surface area contributed by atoms with Crippen molar-refractivity contribution in [2.24, 2.45) is 0 Å². The fourth-order valence-electron chi connectivity index (χ4n) is 4.75. The lowest BCUT2D eigenvalue weighted by Crippen LogP contribution is -2.30. The molecule has 2 atom stereocenters. The quantitative estimate of drug-likeness (QED) is 0.456. The average molecular weight is 543 g/mol. The van der Waals surface area contributed by atoms with E-state index in [1.54, 1.807) is 21.9 Å². The van der Waals surface area contributed by atoms with Gasteiger partial charge in [0.1, 0.15) is 18.0 Å². The smallest absolute Gasteiger partial charge is 0.415 e. The summed E-state index contributed by atoms with van der Waals surface area (Å²) >= 11 is 6.81. The van der Waals surface area contributed by atoms with Gasteiger partial charge in [0.15, 0.2) is 0 Å². The molecule has 2 aromatic rings. The SMILES string of the molecule is CCCN1C=C(C(=O)O)C(O)c2cc(F)c(N(CCC)Cc3ccc(N4CC(C#N)OC4=O)cc3)c(Cl)c21. The number of carbonyl (C=O) groups is 2. The topological polar surface area (TPSA) is 117 Å². The summed E-state index contributed by atoms with van der Waals surface area (Å²) in [4.78, 5) is 28.6. The van der Waals surface area contributed by atoms with Gasteiger partial charge in [-0.15, -0.1) is 0 Å². The van der Waals surface area contributed by atoms with Gasteiger partial charge in [-0.1, -0.05) is 37.6 Å². The van der Waals surface area contributed by atoms with E-state index < -0.39 is 30.1 Å². The van der Waals surface area contributed by atoms with Crippen molar-refractivity contribution in [2.45, 2.75) is 45.4 Å². The van der Waals surface area contributed by atoms with Crippen LogP contribution in [0.3, 0.4) is 0 Å². The summed E-state index contributed by atoms with van der Waals surface area (Å²) in [6, 6.07) is 10.2. The monoisotopic (exact) mass is 542 g/mol. The van der Waals surface area contributed by atoms with Crippen molar-refractivity contribution in [1.29, 1.82) is 5.26 Å². The second-order valence-corrected chi connectivity index (χ2v) is 9.52. The Balaban J connectivity index is 1.67. The van der Waals surface area contributed by atoms with Crippen molar-refractivity contribution in [1.82, 2.24) is 0 Å². The Hall–Kier alpha value is -3.81. The molecule has 1 fully saturated rings. The van der Waals surface area contributed by atoms with Gasteiger partial charge in [0, 0.05) is 37.1 Å². The van der Waals surface area contributed by atoms with E-state index in [1.165, 1.54) is 11.1 Å². The van der Waals surface area contributed by atoms with E-state index in [2.05, 4.69) is 0 Å². The standard InChI is InChI=1S/C27H28ClFN4O5/c1-3-9-31(13-16-5-7-17(8-6-16)33-14-18(12-30)38-27(33)37)24-21(29)11-19-23(22(24)28)32(10-4-2)15-20(25(19)34)26(35)36/h5-8,11,15,18,25,34H,3-4,9-10,13-14H2,1-2H3,(H,35,36). The lowest BCUT2D eigenvalue weighted by atomic mass is 9.95. The summed E-state index contributed by atoms with van der Waals surface area (Å²) in [6.45, 7) is 5.24. The molecule has 4 rings (SSSR count). The molecule has 0 aromatic heterocycles. The highest BCUT2D eigenvalue weighted by Crippen LogP contribution is 2.47. The van der Waals surface area contributed by atoms with Gasteiger partial charge in [-0.25, -0.2) is 14.0 Å². The third-order valence-electron chi connectivity index (χ3n) is 6.47. The predicted octanol–water partition coefficient (Wildman–Crippen LogP) is 4.98. The first kappa shape index (κ1) is 27.2. The zero-order valence-corrected chi connectivity index (χ0v) is 21.8. The van der Waals surface area contributed by atoms with Crippen LogP contribution in [0.4, 0.5) is 26.2 Å². The first-order valence-corrected chi connectivity index (χ1v) is 12.7. The van der Waals surface area contributed by atoms with Gasteiger partial charge in [-0.3, -0.25) is 4.90 Å². The molecule has 1 saturated heterocycles. The highest BCUT2D eigenvalue weighted by atomic mass is 35.5. The normalized spacial score (nSPS) is 18.5. The summed E-state index contributed by atoms with van der Waals surface area (Å²) < 4.78 is 20.6. The maximum Gasteiger partial charge on any atom is 0.415 e. The molecule has 0 aliphatic carbocycles. The Bertz CT molecular complexity index is 1310. The number of rotatable bonds is 9.